The number of benzene rings is 1. The van der Waals surface area contributed by atoms with Crippen LogP contribution in [0.15, 0.2) is 24.3 Å². The summed E-state index contributed by atoms with van der Waals surface area (Å²) in [7, 11) is -1.19. The number of rotatable bonds is 14. The molecule has 0 aliphatic heterocycles. The molecule has 0 spiro atoms. The number of hydrogen-bond donors (Lipinski definition) is 0. The maximum atomic E-state index is 5.65. The maximum Gasteiger partial charge on any atom is 0.0775 e. The molecule has 1 rings (SSSR count). The first-order valence-corrected chi connectivity index (χ1v) is 14.7. The predicted octanol–water partition coefficient (Wildman–Crippen LogP) is 6.15. The van der Waals surface area contributed by atoms with E-state index in [2.05, 4.69) is 69.6 Å². The quantitative estimate of drug-likeness (QED) is 0.211. The first-order chi connectivity index (χ1) is 13.4. The van der Waals surface area contributed by atoms with Crippen molar-refractivity contribution in [2.24, 2.45) is 0 Å². The molecule has 0 saturated heterocycles. The third-order valence-electron chi connectivity index (χ3n) is 4.71. The summed E-state index contributed by atoms with van der Waals surface area (Å²) < 4.78 is 11.1. The summed E-state index contributed by atoms with van der Waals surface area (Å²) in [6, 6.07) is 8.89. The van der Waals surface area contributed by atoms with Crippen molar-refractivity contribution in [3.05, 3.63) is 29.8 Å². The van der Waals surface area contributed by atoms with Gasteiger partial charge in [0.15, 0.2) is 0 Å². The second kappa shape index (κ2) is 14.9. The van der Waals surface area contributed by atoms with E-state index in [0.29, 0.717) is 6.10 Å². The topological polar surface area (TPSA) is 18.5 Å². The van der Waals surface area contributed by atoms with E-state index in [-0.39, 0.29) is 0 Å². The molecular formula is C25H42O2Si. The SMILES string of the molecule is CC(C)OCCCOCCCCCCCCC#Cc1ccc([Si](C)(C)C)cc1. The van der Waals surface area contributed by atoms with Gasteiger partial charge in [0.2, 0.25) is 0 Å². The molecule has 3 heteroatoms. The van der Waals surface area contributed by atoms with E-state index in [0.717, 1.165) is 38.2 Å². The summed E-state index contributed by atoms with van der Waals surface area (Å²) in [5.74, 6) is 6.64. The first kappa shape index (κ1) is 25.0. The Hall–Kier alpha value is -1.08. The van der Waals surface area contributed by atoms with Crippen molar-refractivity contribution < 1.29 is 9.47 Å². The van der Waals surface area contributed by atoms with Crippen molar-refractivity contribution in [1.29, 1.82) is 0 Å². The zero-order valence-corrected chi connectivity index (χ0v) is 20.0. The van der Waals surface area contributed by atoms with Gasteiger partial charge < -0.3 is 9.47 Å². The maximum absolute atomic E-state index is 5.65. The standard InChI is InChI=1S/C25H42O2Si/c1-23(2)27-22-14-21-26-20-13-11-9-7-6-8-10-12-15-24-16-18-25(19-17-24)28(3,4)5/h16-19,23H,6-11,13-14,20-22H2,1-5H3. The highest BCUT2D eigenvalue weighted by molar-refractivity contribution is 6.88. The van der Waals surface area contributed by atoms with Gasteiger partial charge in [0, 0.05) is 31.8 Å². The molecule has 2 nitrogen and oxygen atoms in total. The largest absolute Gasteiger partial charge is 0.381 e. The lowest BCUT2D eigenvalue weighted by Gasteiger charge is -2.15. The van der Waals surface area contributed by atoms with Crippen LogP contribution in [0.1, 0.15) is 70.8 Å². The van der Waals surface area contributed by atoms with E-state index in [1.165, 1.54) is 43.7 Å². The number of unbranched alkanes of at least 4 members (excludes halogenated alkanes) is 6. The fourth-order valence-corrected chi connectivity index (χ4v) is 4.09. The fourth-order valence-electron chi connectivity index (χ4n) is 2.92. The van der Waals surface area contributed by atoms with Crippen LogP contribution in [-0.4, -0.2) is 34.0 Å². The van der Waals surface area contributed by atoms with Gasteiger partial charge in [0.1, 0.15) is 0 Å². The van der Waals surface area contributed by atoms with Crippen LogP contribution in [-0.2, 0) is 9.47 Å². The zero-order chi connectivity index (χ0) is 20.7. The first-order valence-electron chi connectivity index (χ1n) is 11.2. The number of ether oxygens (including phenoxy) is 2. The van der Waals surface area contributed by atoms with Crippen molar-refractivity contribution in [1.82, 2.24) is 0 Å². The molecule has 0 aromatic heterocycles. The van der Waals surface area contributed by atoms with Gasteiger partial charge in [-0.15, -0.1) is 0 Å². The molecule has 0 unspecified atom stereocenters. The van der Waals surface area contributed by atoms with Gasteiger partial charge in [0.25, 0.3) is 0 Å². The van der Waals surface area contributed by atoms with Crippen LogP contribution in [0.4, 0.5) is 0 Å². The lowest BCUT2D eigenvalue weighted by molar-refractivity contribution is 0.0507. The second-order valence-corrected chi connectivity index (χ2v) is 14.0. The Bertz CT molecular complexity index is 561. The Morgan fingerprint density at radius 1 is 0.786 bits per heavy atom. The van der Waals surface area contributed by atoms with Crippen molar-refractivity contribution >= 4 is 13.3 Å². The summed E-state index contributed by atoms with van der Waals surface area (Å²) >= 11 is 0. The van der Waals surface area contributed by atoms with Crippen molar-refractivity contribution in [2.75, 3.05) is 19.8 Å². The Morgan fingerprint density at radius 3 is 2.04 bits per heavy atom. The lowest BCUT2D eigenvalue weighted by atomic mass is 10.1. The van der Waals surface area contributed by atoms with Crippen LogP contribution in [0.5, 0.6) is 0 Å². The Labute approximate surface area is 175 Å². The van der Waals surface area contributed by atoms with E-state index >= 15 is 0 Å². The average Bonchev–Trinajstić information content (AvgIpc) is 2.64. The summed E-state index contributed by atoms with van der Waals surface area (Å²) in [5.41, 5.74) is 1.15. The molecule has 28 heavy (non-hydrogen) atoms. The van der Waals surface area contributed by atoms with Crippen LogP contribution >= 0.6 is 0 Å². The monoisotopic (exact) mass is 402 g/mol. The molecule has 0 radical (unpaired) electrons. The minimum Gasteiger partial charge on any atom is -0.381 e. The molecule has 0 N–H and O–H groups in total. The van der Waals surface area contributed by atoms with Gasteiger partial charge in [0.05, 0.1) is 14.2 Å². The lowest BCUT2D eigenvalue weighted by Crippen LogP contribution is -2.37. The Morgan fingerprint density at radius 2 is 1.39 bits per heavy atom. The zero-order valence-electron chi connectivity index (χ0n) is 19.0. The summed E-state index contributed by atoms with van der Waals surface area (Å²) in [6.45, 7) is 13.8. The van der Waals surface area contributed by atoms with Crippen molar-refractivity contribution in [3.63, 3.8) is 0 Å². The van der Waals surface area contributed by atoms with Gasteiger partial charge in [-0.05, 0) is 45.2 Å². The number of hydrogen-bond acceptors (Lipinski definition) is 2. The van der Waals surface area contributed by atoms with Crippen molar-refractivity contribution in [2.45, 2.75) is 91.0 Å². The smallest absolute Gasteiger partial charge is 0.0775 e. The van der Waals surface area contributed by atoms with E-state index < -0.39 is 8.07 Å². The van der Waals surface area contributed by atoms with Gasteiger partial charge in [-0.3, -0.25) is 0 Å². The minimum absolute atomic E-state index is 0.326. The summed E-state index contributed by atoms with van der Waals surface area (Å²) in [4.78, 5) is 0. The van der Waals surface area contributed by atoms with Crippen LogP contribution < -0.4 is 5.19 Å². The third-order valence-corrected chi connectivity index (χ3v) is 6.77. The molecule has 0 heterocycles. The molecule has 0 atom stereocenters. The molecule has 0 aliphatic rings. The molecular weight excluding hydrogens is 360 g/mol. The van der Waals surface area contributed by atoms with Crippen LogP contribution in [0, 0.1) is 11.8 Å². The predicted molar refractivity (Wildman–Crippen MR) is 125 cm³/mol. The fraction of sp³-hybridized carbons (Fsp3) is 0.680. The van der Waals surface area contributed by atoms with Crippen molar-refractivity contribution in [3.8, 4) is 11.8 Å². The Kier molecular flexibility index (Phi) is 13.2. The molecule has 0 aliphatic carbocycles. The highest BCUT2D eigenvalue weighted by atomic mass is 28.3. The summed E-state index contributed by atoms with van der Waals surface area (Å²) in [6.07, 6.45) is 9.92. The van der Waals surface area contributed by atoms with Gasteiger partial charge >= 0.3 is 0 Å². The molecule has 1 aromatic rings. The van der Waals surface area contributed by atoms with Crippen LogP contribution in [0.3, 0.4) is 0 Å². The summed E-state index contributed by atoms with van der Waals surface area (Å²) in [5, 5.41) is 1.50. The van der Waals surface area contributed by atoms with Crippen LogP contribution in [0.2, 0.25) is 19.6 Å². The molecule has 0 amide bonds. The van der Waals surface area contributed by atoms with Gasteiger partial charge in [-0.2, -0.15) is 0 Å². The Balaban J connectivity index is 1.94. The normalized spacial score (nSPS) is 11.5. The molecule has 0 fully saturated rings. The highest BCUT2D eigenvalue weighted by Crippen LogP contribution is 2.08. The van der Waals surface area contributed by atoms with E-state index in [1.807, 2.05) is 0 Å². The van der Waals surface area contributed by atoms with Gasteiger partial charge in [-0.1, -0.05) is 74.5 Å². The van der Waals surface area contributed by atoms with Gasteiger partial charge in [-0.25, -0.2) is 0 Å². The van der Waals surface area contributed by atoms with E-state index in [1.54, 1.807) is 0 Å². The molecule has 0 bridgehead atoms. The molecule has 0 saturated carbocycles. The third kappa shape index (κ3) is 13.2. The van der Waals surface area contributed by atoms with E-state index in [4.69, 9.17) is 9.47 Å². The van der Waals surface area contributed by atoms with Crippen LogP contribution in [0.25, 0.3) is 0 Å². The average molecular weight is 403 g/mol. The van der Waals surface area contributed by atoms with E-state index in [9.17, 15) is 0 Å². The highest BCUT2D eigenvalue weighted by Gasteiger charge is 2.15. The second-order valence-electron chi connectivity index (χ2n) is 8.89. The minimum atomic E-state index is -1.19. The molecule has 158 valence electrons. The molecule has 1 aromatic carbocycles.